The van der Waals surface area contributed by atoms with Crippen molar-refractivity contribution in [2.75, 3.05) is 19.8 Å². The van der Waals surface area contributed by atoms with Crippen LogP contribution in [-0.2, 0) is 20.7 Å². The summed E-state index contributed by atoms with van der Waals surface area (Å²) in [5, 5.41) is 5.32. The van der Waals surface area contributed by atoms with Crippen LogP contribution >= 0.6 is 11.3 Å². The Kier molecular flexibility index (Phi) is 6.56. The Morgan fingerprint density at radius 3 is 2.74 bits per heavy atom. The molecule has 1 N–H and O–H groups in total. The van der Waals surface area contributed by atoms with Crippen molar-refractivity contribution in [1.29, 1.82) is 0 Å². The van der Waals surface area contributed by atoms with Gasteiger partial charge in [0.1, 0.15) is 12.4 Å². The van der Waals surface area contributed by atoms with Crippen molar-refractivity contribution in [3.05, 3.63) is 46.4 Å². The van der Waals surface area contributed by atoms with Crippen molar-refractivity contribution in [3.8, 4) is 5.75 Å². The van der Waals surface area contributed by atoms with Crippen molar-refractivity contribution in [2.45, 2.75) is 13.3 Å². The summed E-state index contributed by atoms with van der Waals surface area (Å²) in [6.07, 6.45) is 0.0781. The Bertz CT molecular complexity index is 643. The largest absolute Gasteiger partial charge is 0.492 e. The number of hydrogen-bond donors (Lipinski definition) is 1. The second kappa shape index (κ2) is 8.89. The molecule has 0 radical (unpaired) electrons. The molecule has 0 spiro atoms. The number of nitrogens with one attached hydrogen (secondary N) is 1. The Morgan fingerprint density at radius 2 is 2.04 bits per heavy atom. The van der Waals surface area contributed by atoms with E-state index in [4.69, 9.17) is 9.47 Å². The maximum Gasteiger partial charge on any atom is 0.312 e. The normalized spacial score (nSPS) is 10.1. The van der Waals surface area contributed by atoms with Crippen molar-refractivity contribution in [2.24, 2.45) is 0 Å². The number of aromatic nitrogens is 1. The SMILES string of the molecule is Cc1nc(CC(=O)OCC(=O)NCCOc2ccccc2)cs1. The standard InChI is InChI=1S/C16H18N2O4S/c1-12-18-13(11-23-12)9-16(20)22-10-15(19)17-7-8-21-14-5-3-2-4-6-14/h2-6,11H,7-10H2,1H3,(H,17,19). The number of nitrogens with zero attached hydrogens (tertiary/aromatic N) is 1. The van der Waals surface area contributed by atoms with E-state index in [0.29, 0.717) is 18.8 Å². The summed E-state index contributed by atoms with van der Waals surface area (Å²) in [6.45, 7) is 2.26. The van der Waals surface area contributed by atoms with Gasteiger partial charge in [-0.3, -0.25) is 9.59 Å². The Hall–Kier alpha value is -2.41. The third-order valence-electron chi connectivity index (χ3n) is 2.79. The number of rotatable bonds is 8. The van der Waals surface area contributed by atoms with Gasteiger partial charge in [0.15, 0.2) is 6.61 Å². The Labute approximate surface area is 138 Å². The number of esters is 1. The van der Waals surface area contributed by atoms with E-state index in [-0.39, 0.29) is 18.9 Å². The molecule has 1 aromatic carbocycles. The lowest BCUT2D eigenvalue weighted by molar-refractivity contribution is -0.147. The fraction of sp³-hybridized carbons (Fsp3) is 0.312. The van der Waals surface area contributed by atoms with Gasteiger partial charge in [-0.15, -0.1) is 11.3 Å². The van der Waals surface area contributed by atoms with Crippen LogP contribution in [0.25, 0.3) is 0 Å². The minimum atomic E-state index is -0.467. The van der Waals surface area contributed by atoms with Crippen molar-refractivity contribution < 1.29 is 19.1 Å². The van der Waals surface area contributed by atoms with E-state index in [1.165, 1.54) is 11.3 Å². The summed E-state index contributed by atoms with van der Waals surface area (Å²) in [5.41, 5.74) is 0.661. The Balaban J connectivity index is 1.57. The number of carbonyl (C=O) groups excluding carboxylic acids is 2. The van der Waals surface area contributed by atoms with Crippen LogP contribution in [0.1, 0.15) is 10.7 Å². The molecule has 0 unspecified atom stereocenters. The molecular formula is C16H18N2O4S. The molecule has 0 aliphatic carbocycles. The highest BCUT2D eigenvalue weighted by Crippen LogP contribution is 2.09. The van der Waals surface area contributed by atoms with Crippen LogP contribution in [-0.4, -0.2) is 36.6 Å². The second-order valence-electron chi connectivity index (χ2n) is 4.71. The predicted molar refractivity (Wildman–Crippen MR) is 86.5 cm³/mol. The van der Waals surface area contributed by atoms with E-state index in [0.717, 1.165) is 10.8 Å². The number of benzene rings is 1. The molecule has 122 valence electrons. The number of thiazole rings is 1. The van der Waals surface area contributed by atoms with Gasteiger partial charge in [-0.1, -0.05) is 18.2 Å². The number of amides is 1. The molecule has 0 bridgehead atoms. The first kappa shape index (κ1) is 17.0. The summed E-state index contributed by atoms with van der Waals surface area (Å²) in [5.74, 6) is -0.0813. The zero-order chi connectivity index (χ0) is 16.5. The fourth-order valence-corrected chi connectivity index (χ4v) is 2.37. The monoisotopic (exact) mass is 334 g/mol. The first-order valence-corrected chi connectivity index (χ1v) is 8.02. The predicted octanol–water partition coefficient (Wildman–Crippen LogP) is 1.73. The molecule has 0 aliphatic heterocycles. The van der Waals surface area contributed by atoms with Crippen LogP contribution in [0, 0.1) is 6.92 Å². The maximum atomic E-state index is 11.6. The lowest BCUT2D eigenvalue weighted by Crippen LogP contribution is -2.32. The third-order valence-corrected chi connectivity index (χ3v) is 3.61. The van der Waals surface area contributed by atoms with Crippen molar-refractivity contribution in [1.82, 2.24) is 10.3 Å². The van der Waals surface area contributed by atoms with Crippen LogP contribution in [0.2, 0.25) is 0 Å². The second-order valence-corrected chi connectivity index (χ2v) is 5.77. The zero-order valence-corrected chi connectivity index (χ0v) is 13.6. The quantitative estimate of drug-likeness (QED) is 0.588. The van der Waals surface area contributed by atoms with Crippen LogP contribution < -0.4 is 10.1 Å². The summed E-state index contributed by atoms with van der Waals surface area (Å²) in [4.78, 5) is 27.3. The van der Waals surface area contributed by atoms with Gasteiger partial charge < -0.3 is 14.8 Å². The van der Waals surface area contributed by atoms with Gasteiger partial charge in [0, 0.05) is 5.38 Å². The molecular weight excluding hydrogens is 316 g/mol. The molecule has 0 saturated heterocycles. The fourth-order valence-electron chi connectivity index (χ4n) is 1.76. The number of hydrogen-bond acceptors (Lipinski definition) is 6. The average Bonchev–Trinajstić information content (AvgIpc) is 2.95. The molecule has 1 heterocycles. The summed E-state index contributed by atoms with van der Waals surface area (Å²) in [6, 6.07) is 9.32. The highest BCUT2D eigenvalue weighted by molar-refractivity contribution is 7.09. The molecule has 0 saturated carbocycles. The number of aryl methyl sites for hydroxylation is 1. The number of carbonyl (C=O) groups is 2. The Morgan fingerprint density at radius 1 is 1.26 bits per heavy atom. The van der Waals surface area contributed by atoms with Gasteiger partial charge in [0.25, 0.3) is 5.91 Å². The van der Waals surface area contributed by atoms with E-state index < -0.39 is 5.97 Å². The van der Waals surface area contributed by atoms with Gasteiger partial charge in [-0.25, -0.2) is 4.98 Å². The number of para-hydroxylation sites is 1. The lowest BCUT2D eigenvalue weighted by Gasteiger charge is -2.08. The highest BCUT2D eigenvalue weighted by atomic mass is 32.1. The molecule has 0 atom stereocenters. The third kappa shape index (κ3) is 6.48. The van der Waals surface area contributed by atoms with Crippen LogP contribution in [0.5, 0.6) is 5.75 Å². The molecule has 6 nitrogen and oxygen atoms in total. The average molecular weight is 334 g/mol. The van der Waals surface area contributed by atoms with E-state index in [1.807, 2.05) is 37.3 Å². The summed E-state index contributed by atoms with van der Waals surface area (Å²) in [7, 11) is 0. The van der Waals surface area contributed by atoms with E-state index in [1.54, 1.807) is 5.38 Å². The van der Waals surface area contributed by atoms with Crippen LogP contribution in [0.15, 0.2) is 35.7 Å². The smallest absolute Gasteiger partial charge is 0.312 e. The minimum absolute atomic E-state index is 0.0781. The lowest BCUT2D eigenvalue weighted by atomic mass is 10.3. The van der Waals surface area contributed by atoms with E-state index in [2.05, 4.69) is 10.3 Å². The van der Waals surface area contributed by atoms with Gasteiger partial charge >= 0.3 is 5.97 Å². The van der Waals surface area contributed by atoms with Gasteiger partial charge in [-0.05, 0) is 19.1 Å². The topological polar surface area (TPSA) is 77.5 Å². The minimum Gasteiger partial charge on any atom is -0.492 e. The van der Waals surface area contributed by atoms with E-state index in [9.17, 15) is 9.59 Å². The first-order valence-electron chi connectivity index (χ1n) is 7.14. The molecule has 2 rings (SSSR count). The first-order chi connectivity index (χ1) is 11.1. The van der Waals surface area contributed by atoms with Gasteiger partial charge in [0.05, 0.1) is 23.7 Å². The summed E-state index contributed by atoms with van der Waals surface area (Å²) < 4.78 is 10.3. The molecule has 23 heavy (non-hydrogen) atoms. The van der Waals surface area contributed by atoms with Gasteiger partial charge in [0.2, 0.25) is 0 Å². The van der Waals surface area contributed by atoms with E-state index >= 15 is 0 Å². The molecule has 2 aromatic rings. The highest BCUT2D eigenvalue weighted by Gasteiger charge is 2.10. The van der Waals surface area contributed by atoms with Crippen LogP contribution in [0.4, 0.5) is 0 Å². The van der Waals surface area contributed by atoms with Gasteiger partial charge in [-0.2, -0.15) is 0 Å². The molecule has 1 amide bonds. The maximum absolute atomic E-state index is 11.6. The molecule has 0 fully saturated rings. The number of ether oxygens (including phenoxy) is 2. The summed E-state index contributed by atoms with van der Waals surface area (Å²) >= 11 is 1.47. The molecule has 0 aliphatic rings. The van der Waals surface area contributed by atoms with Crippen LogP contribution in [0.3, 0.4) is 0 Å². The zero-order valence-electron chi connectivity index (χ0n) is 12.8. The molecule has 1 aromatic heterocycles. The van der Waals surface area contributed by atoms with Crippen molar-refractivity contribution in [3.63, 3.8) is 0 Å². The molecule has 7 heteroatoms. The van der Waals surface area contributed by atoms with Crippen molar-refractivity contribution >= 4 is 23.2 Å².